The molecule has 0 fully saturated rings. The summed E-state index contributed by atoms with van der Waals surface area (Å²) in [6, 6.07) is 0. The standard InChI is InChI=1S/C11H22O4/c1-7(2)10(8(3)4)11(14)15-9(5-12)6-13/h7-10,12-13H,5-6H2,1-4H3. The van der Waals surface area contributed by atoms with Crippen LogP contribution in [-0.4, -0.2) is 35.5 Å². The topological polar surface area (TPSA) is 66.8 Å². The van der Waals surface area contributed by atoms with E-state index in [-0.39, 0.29) is 36.9 Å². The van der Waals surface area contributed by atoms with E-state index in [2.05, 4.69) is 0 Å². The Bertz CT molecular complexity index is 177. The van der Waals surface area contributed by atoms with Gasteiger partial charge in [-0.3, -0.25) is 4.79 Å². The summed E-state index contributed by atoms with van der Waals surface area (Å²) in [6.07, 6.45) is -0.794. The Hall–Kier alpha value is -0.610. The summed E-state index contributed by atoms with van der Waals surface area (Å²) >= 11 is 0. The van der Waals surface area contributed by atoms with Crippen LogP contribution in [0.1, 0.15) is 27.7 Å². The van der Waals surface area contributed by atoms with Gasteiger partial charge in [-0.1, -0.05) is 27.7 Å². The maximum absolute atomic E-state index is 11.7. The zero-order chi connectivity index (χ0) is 12.0. The number of carbonyl (C=O) groups is 1. The smallest absolute Gasteiger partial charge is 0.309 e. The number of esters is 1. The highest BCUT2D eigenvalue weighted by Gasteiger charge is 2.28. The van der Waals surface area contributed by atoms with Crippen LogP contribution in [0.2, 0.25) is 0 Å². The second-order valence-corrected chi connectivity index (χ2v) is 4.44. The van der Waals surface area contributed by atoms with Crippen LogP contribution < -0.4 is 0 Å². The highest BCUT2D eigenvalue weighted by Crippen LogP contribution is 2.22. The third kappa shape index (κ3) is 4.62. The van der Waals surface area contributed by atoms with Gasteiger partial charge in [0, 0.05) is 0 Å². The number of carbonyl (C=O) groups excluding carboxylic acids is 1. The van der Waals surface area contributed by atoms with Crippen molar-refractivity contribution in [3.8, 4) is 0 Å². The van der Waals surface area contributed by atoms with Gasteiger partial charge >= 0.3 is 5.97 Å². The first kappa shape index (κ1) is 14.4. The second kappa shape index (κ2) is 6.80. The first-order valence-electron chi connectivity index (χ1n) is 5.36. The van der Waals surface area contributed by atoms with Crippen molar-refractivity contribution in [2.75, 3.05) is 13.2 Å². The van der Waals surface area contributed by atoms with Gasteiger partial charge in [-0.05, 0) is 11.8 Å². The minimum absolute atomic E-state index is 0.189. The molecule has 0 aromatic heterocycles. The van der Waals surface area contributed by atoms with E-state index < -0.39 is 6.10 Å². The fraction of sp³-hybridized carbons (Fsp3) is 0.909. The molecule has 0 radical (unpaired) electrons. The molecular weight excluding hydrogens is 196 g/mol. The minimum atomic E-state index is -0.794. The van der Waals surface area contributed by atoms with Crippen LogP contribution >= 0.6 is 0 Å². The number of aliphatic hydroxyl groups excluding tert-OH is 2. The molecule has 0 aliphatic rings. The first-order chi connectivity index (χ1) is 6.93. The Balaban J connectivity index is 4.38. The highest BCUT2D eigenvalue weighted by atomic mass is 16.6. The molecule has 0 amide bonds. The van der Waals surface area contributed by atoms with Gasteiger partial charge in [0.2, 0.25) is 0 Å². The van der Waals surface area contributed by atoms with E-state index in [1.54, 1.807) is 0 Å². The van der Waals surface area contributed by atoms with Gasteiger partial charge in [-0.25, -0.2) is 0 Å². The Kier molecular flexibility index (Phi) is 6.52. The lowest BCUT2D eigenvalue weighted by Gasteiger charge is -2.24. The molecule has 15 heavy (non-hydrogen) atoms. The first-order valence-corrected chi connectivity index (χ1v) is 5.36. The molecule has 0 bridgehead atoms. The van der Waals surface area contributed by atoms with Gasteiger partial charge in [-0.15, -0.1) is 0 Å². The van der Waals surface area contributed by atoms with Crippen molar-refractivity contribution >= 4 is 5.97 Å². The number of hydrogen-bond acceptors (Lipinski definition) is 4. The predicted octanol–water partition coefficient (Wildman–Crippen LogP) is 0.811. The van der Waals surface area contributed by atoms with Crippen LogP contribution in [-0.2, 0) is 9.53 Å². The molecule has 0 rings (SSSR count). The molecule has 0 heterocycles. The van der Waals surface area contributed by atoms with E-state index in [4.69, 9.17) is 14.9 Å². The van der Waals surface area contributed by atoms with Crippen molar-refractivity contribution in [1.29, 1.82) is 0 Å². The van der Waals surface area contributed by atoms with Gasteiger partial charge in [-0.2, -0.15) is 0 Å². The minimum Gasteiger partial charge on any atom is -0.457 e. The molecular formula is C11H22O4. The van der Waals surface area contributed by atoms with E-state index in [9.17, 15) is 4.79 Å². The molecule has 0 saturated carbocycles. The molecule has 0 unspecified atom stereocenters. The molecule has 0 saturated heterocycles. The van der Waals surface area contributed by atoms with Gasteiger partial charge < -0.3 is 14.9 Å². The van der Waals surface area contributed by atoms with Crippen molar-refractivity contribution in [2.24, 2.45) is 17.8 Å². The number of hydrogen-bond donors (Lipinski definition) is 2. The molecule has 0 aromatic carbocycles. The third-order valence-corrected chi connectivity index (χ3v) is 2.40. The molecule has 2 N–H and O–H groups in total. The molecule has 4 heteroatoms. The average Bonchev–Trinajstić information content (AvgIpc) is 2.12. The van der Waals surface area contributed by atoms with Crippen LogP contribution in [0.5, 0.6) is 0 Å². The molecule has 90 valence electrons. The SMILES string of the molecule is CC(C)C(C(=O)OC(CO)CO)C(C)C. The Labute approximate surface area is 91.3 Å². The van der Waals surface area contributed by atoms with Crippen LogP contribution in [0, 0.1) is 17.8 Å². The van der Waals surface area contributed by atoms with Gasteiger partial charge in [0.1, 0.15) is 6.10 Å². The summed E-state index contributed by atoms with van der Waals surface area (Å²) in [4.78, 5) is 11.7. The zero-order valence-corrected chi connectivity index (χ0v) is 9.93. The Morgan fingerprint density at radius 3 is 1.73 bits per heavy atom. The molecule has 0 spiro atoms. The van der Waals surface area contributed by atoms with Gasteiger partial charge in [0.15, 0.2) is 0 Å². The van der Waals surface area contributed by atoms with Crippen LogP contribution in [0.15, 0.2) is 0 Å². The van der Waals surface area contributed by atoms with Crippen LogP contribution in [0.4, 0.5) is 0 Å². The molecule has 4 nitrogen and oxygen atoms in total. The number of ether oxygens (including phenoxy) is 1. The molecule has 0 atom stereocenters. The maximum atomic E-state index is 11.7. The van der Waals surface area contributed by atoms with E-state index >= 15 is 0 Å². The lowest BCUT2D eigenvalue weighted by Crippen LogP contribution is -2.33. The number of aliphatic hydroxyl groups is 2. The summed E-state index contributed by atoms with van der Waals surface area (Å²) < 4.78 is 4.99. The van der Waals surface area contributed by atoms with Crippen molar-refractivity contribution in [3.63, 3.8) is 0 Å². The average molecular weight is 218 g/mol. The third-order valence-electron chi connectivity index (χ3n) is 2.40. The molecule has 0 aromatic rings. The highest BCUT2D eigenvalue weighted by molar-refractivity contribution is 5.73. The van der Waals surface area contributed by atoms with Gasteiger partial charge in [0.05, 0.1) is 19.1 Å². The predicted molar refractivity (Wildman–Crippen MR) is 57.2 cm³/mol. The Morgan fingerprint density at radius 1 is 1.07 bits per heavy atom. The van der Waals surface area contributed by atoms with E-state index in [0.717, 1.165) is 0 Å². The van der Waals surface area contributed by atoms with Crippen molar-refractivity contribution in [2.45, 2.75) is 33.8 Å². The van der Waals surface area contributed by atoms with Gasteiger partial charge in [0.25, 0.3) is 0 Å². The summed E-state index contributed by atoms with van der Waals surface area (Å²) in [6.45, 7) is 7.14. The summed E-state index contributed by atoms with van der Waals surface area (Å²) in [7, 11) is 0. The maximum Gasteiger partial charge on any atom is 0.309 e. The van der Waals surface area contributed by atoms with E-state index in [1.165, 1.54) is 0 Å². The lowest BCUT2D eigenvalue weighted by molar-refractivity contribution is -0.161. The van der Waals surface area contributed by atoms with Crippen LogP contribution in [0.3, 0.4) is 0 Å². The van der Waals surface area contributed by atoms with Crippen molar-refractivity contribution in [3.05, 3.63) is 0 Å². The van der Waals surface area contributed by atoms with E-state index in [1.807, 2.05) is 27.7 Å². The fourth-order valence-corrected chi connectivity index (χ4v) is 1.69. The monoisotopic (exact) mass is 218 g/mol. The second-order valence-electron chi connectivity index (χ2n) is 4.44. The zero-order valence-electron chi connectivity index (χ0n) is 9.93. The van der Waals surface area contributed by atoms with Crippen molar-refractivity contribution < 1.29 is 19.7 Å². The normalized spacial score (nSPS) is 11.9. The van der Waals surface area contributed by atoms with Crippen LogP contribution in [0.25, 0.3) is 0 Å². The summed E-state index contributed by atoms with van der Waals surface area (Å²) in [5.74, 6) is -0.148. The lowest BCUT2D eigenvalue weighted by atomic mass is 9.86. The largest absolute Gasteiger partial charge is 0.457 e. The Morgan fingerprint density at radius 2 is 1.47 bits per heavy atom. The quantitative estimate of drug-likeness (QED) is 0.647. The summed E-state index contributed by atoms with van der Waals surface area (Å²) in [5.41, 5.74) is 0. The molecule has 0 aliphatic carbocycles. The number of rotatable bonds is 6. The fourth-order valence-electron chi connectivity index (χ4n) is 1.69. The molecule has 0 aliphatic heterocycles. The van der Waals surface area contributed by atoms with Crippen molar-refractivity contribution in [1.82, 2.24) is 0 Å². The summed E-state index contributed by atoms with van der Waals surface area (Å²) in [5, 5.41) is 17.6. The van der Waals surface area contributed by atoms with E-state index in [0.29, 0.717) is 0 Å².